The van der Waals surface area contributed by atoms with E-state index in [-0.39, 0.29) is 28.2 Å². The molecule has 1 aromatic heterocycles. The predicted octanol–water partition coefficient (Wildman–Crippen LogP) is 3.14. The highest BCUT2D eigenvalue weighted by molar-refractivity contribution is 6.31. The van der Waals surface area contributed by atoms with Gasteiger partial charge in [-0.05, 0) is 31.2 Å². The Hall–Kier alpha value is -3.12. The van der Waals surface area contributed by atoms with Gasteiger partial charge in [-0.2, -0.15) is 0 Å². The van der Waals surface area contributed by atoms with Crippen LogP contribution in [0.5, 0.6) is 0 Å². The van der Waals surface area contributed by atoms with Gasteiger partial charge in [-0.3, -0.25) is 14.4 Å². The molecule has 2 aliphatic heterocycles. The van der Waals surface area contributed by atoms with E-state index in [0.717, 1.165) is 0 Å². The number of carbonyl (C=O) groups is 2. The molecule has 0 N–H and O–H groups in total. The van der Waals surface area contributed by atoms with Crippen molar-refractivity contribution < 1.29 is 14.0 Å². The standard InChI is InChI=1S/C21H15ClN2O4/c1-3-24-14-7-5-4-6-13(14)21(20(24)27)16-17(25)12-10-11(22)8-9-15(12)28-18(16)19(26)23(21)2/h4-10H,3H2,1-2H3. The molecule has 7 heteroatoms. The summed E-state index contributed by atoms with van der Waals surface area (Å²) >= 11 is 6.07. The number of halogens is 1. The quantitative estimate of drug-likeness (QED) is 0.635. The number of hydrogen-bond acceptors (Lipinski definition) is 4. The number of amides is 2. The molecule has 3 aromatic rings. The van der Waals surface area contributed by atoms with Gasteiger partial charge in [-0.1, -0.05) is 29.8 Å². The van der Waals surface area contributed by atoms with Crippen LogP contribution in [0.25, 0.3) is 11.0 Å². The van der Waals surface area contributed by atoms with Crippen LogP contribution in [0, 0.1) is 0 Å². The largest absolute Gasteiger partial charge is 0.450 e. The van der Waals surface area contributed by atoms with Crippen LogP contribution >= 0.6 is 11.6 Å². The Kier molecular flexibility index (Phi) is 3.31. The van der Waals surface area contributed by atoms with Crippen LogP contribution in [0.2, 0.25) is 5.02 Å². The van der Waals surface area contributed by atoms with Gasteiger partial charge < -0.3 is 14.2 Å². The third-order valence-electron chi connectivity index (χ3n) is 5.67. The molecule has 2 aliphatic rings. The highest BCUT2D eigenvalue weighted by Gasteiger charge is 2.63. The van der Waals surface area contributed by atoms with E-state index in [1.165, 1.54) is 18.0 Å². The first-order valence-electron chi connectivity index (χ1n) is 8.89. The predicted molar refractivity (Wildman–Crippen MR) is 105 cm³/mol. The summed E-state index contributed by atoms with van der Waals surface area (Å²) < 4.78 is 5.82. The number of nitrogens with zero attached hydrogens (tertiary/aromatic N) is 2. The van der Waals surface area contributed by atoms with E-state index in [0.29, 0.717) is 22.8 Å². The van der Waals surface area contributed by atoms with E-state index >= 15 is 0 Å². The normalized spacial score (nSPS) is 20.4. The zero-order chi connectivity index (χ0) is 19.8. The molecule has 1 atom stereocenters. The molecule has 2 amide bonds. The number of likely N-dealkylation sites (N-methyl/N-ethyl adjacent to an activating group) is 2. The summed E-state index contributed by atoms with van der Waals surface area (Å²) in [6.07, 6.45) is 0. The maximum absolute atomic E-state index is 13.6. The van der Waals surface area contributed by atoms with Crippen molar-refractivity contribution >= 4 is 40.1 Å². The SMILES string of the molecule is CCN1C(=O)C2(c3ccccc31)c1c(oc3ccc(Cl)cc3c1=O)C(=O)N2C. The van der Waals surface area contributed by atoms with Gasteiger partial charge in [-0.15, -0.1) is 0 Å². The fraction of sp³-hybridized carbons (Fsp3) is 0.190. The Morgan fingerprint density at radius 2 is 1.86 bits per heavy atom. The molecule has 6 nitrogen and oxygen atoms in total. The lowest BCUT2D eigenvalue weighted by atomic mass is 9.84. The van der Waals surface area contributed by atoms with Crippen LogP contribution < -0.4 is 10.3 Å². The third kappa shape index (κ3) is 1.76. The van der Waals surface area contributed by atoms with Crippen LogP contribution in [0.4, 0.5) is 5.69 Å². The second-order valence-corrected chi connectivity index (χ2v) is 7.35. The monoisotopic (exact) mass is 394 g/mol. The van der Waals surface area contributed by atoms with Crippen molar-refractivity contribution in [3.63, 3.8) is 0 Å². The molecule has 0 saturated heterocycles. The highest BCUT2D eigenvalue weighted by Crippen LogP contribution is 2.51. The van der Waals surface area contributed by atoms with Crippen molar-refractivity contribution in [3.8, 4) is 0 Å². The third-order valence-corrected chi connectivity index (χ3v) is 5.91. The minimum atomic E-state index is -1.53. The summed E-state index contributed by atoms with van der Waals surface area (Å²) in [5, 5.41) is 0.619. The van der Waals surface area contributed by atoms with Crippen LogP contribution in [-0.2, 0) is 10.3 Å². The maximum atomic E-state index is 13.6. The van der Waals surface area contributed by atoms with Crippen molar-refractivity contribution in [2.45, 2.75) is 12.5 Å². The first-order chi connectivity index (χ1) is 13.4. The van der Waals surface area contributed by atoms with E-state index < -0.39 is 16.9 Å². The fourth-order valence-corrected chi connectivity index (χ4v) is 4.61. The van der Waals surface area contributed by atoms with Gasteiger partial charge in [0, 0.05) is 24.2 Å². The van der Waals surface area contributed by atoms with Crippen LogP contribution in [0.15, 0.2) is 51.7 Å². The summed E-state index contributed by atoms with van der Waals surface area (Å²) in [4.78, 5) is 43.1. The average Bonchev–Trinajstić information content (AvgIpc) is 3.08. The van der Waals surface area contributed by atoms with Crippen LogP contribution in [0.1, 0.15) is 28.6 Å². The van der Waals surface area contributed by atoms with E-state index in [9.17, 15) is 14.4 Å². The zero-order valence-electron chi connectivity index (χ0n) is 15.2. The number of para-hydroxylation sites is 1. The minimum Gasteiger partial charge on any atom is -0.450 e. The lowest BCUT2D eigenvalue weighted by molar-refractivity contribution is -0.125. The minimum absolute atomic E-state index is 0.0585. The molecule has 3 heterocycles. The fourth-order valence-electron chi connectivity index (χ4n) is 4.43. The first kappa shape index (κ1) is 17.0. The number of rotatable bonds is 1. The van der Waals surface area contributed by atoms with Gasteiger partial charge in [0.05, 0.1) is 16.6 Å². The second-order valence-electron chi connectivity index (χ2n) is 6.92. The van der Waals surface area contributed by atoms with Gasteiger partial charge in [-0.25, -0.2) is 0 Å². The van der Waals surface area contributed by atoms with Crippen molar-refractivity contribution in [2.75, 3.05) is 18.5 Å². The molecule has 1 unspecified atom stereocenters. The van der Waals surface area contributed by atoms with Gasteiger partial charge in [0.2, 0.25) is 5.76 Å². The van der Waals surface area contributed by atoms with E-state index in [1.54, 1.807) is 29.2 Å². The summed E-state index contributed by atoms with van der Waals surface area (Å²) in [5.41, 5.74) is -0.340. The van der Waals surface area contributed by atoms with Crippen LogP contribution in [-0.4, -0.2) is 30.3 Å². The number of carbonyl (C=O) groups excluding carboxylic acids is 2. The van der Waals surface area contributed by atoms with E-state index in [1.807, 2.05) is 19.1 Å². The molecule has 0 bridgehead atoms. The lowest BCUT2D eigenvalue weighted by Crippen LogP contribution is -2.51. The molecule has 28 heavy (non-hydrogen) atoms. The Morgan fingerprint density at radius 3 is 2.61 bits per heavy atom. The highest BCUT2D eigenvalue weighted by atomic mass is 35.5. The molecule has 0 fully saturated rings. The van der Waals surface area contributed by atoms with Crippen molar-refractivity contribution in [3.05, 3.63) is 74.6 Å². The lowest BCUT2D eigenvalue weighted by Gasteiger charge is -2.31. The molecule has 140 valence electrons. The van der Waals surface area contributed by atoms with Crippen molar-refractivity contribution in [1.29, 1.82) is 0 Å². The molecule has 0 radical (unpaired) electrons. The molecule has 2 aromatic carbocycles. The van der Waals surface area contributed by atoms with Crippen molar-refractivity contribution in [2.24, 2.45) is 0 Å². The number of anilines is 1. The van der Waals surface area contributed by atoms with E-state index in [2.05, 4.69) is 0 Å². The second kappa shape index (κ2) is 5.45. The number of hydrogen-bond donors (Lipinski definition) is 0. The van der Waals surface area contributed by atoms with E-state index in [4.69, 9.17) is 16.0 Å². The number of fused-ring (bicyclic) bond motifs is 5. The molecule has 0 aliphatic carbocycles. The van der Waals surface area contributed by atoms with Gasteiger partial charge in [0.25, 0.3) is 11.8 Å². The molecule has 5 rings (SSSR count). The Labute approximate surface area is 164 Å². The Morgan fingerprint density at radius 1 is 1.11 bits per heavy atom. The maximum Gasteiger partial charge on any atom is 0.291 e. The van der Waals surface area contributed by atoms with Gasteiger partial charge >= 0.3 is 0 Å². The Balaban J connectivity index is 1.97. The average molecular weight is 395 g/mol. The topological polar surface area (TPSA) is 70.8 Å². The summed E-state index contributed by atoms with van der Waals surface area (Å²) in [6, 6.07) is 11.9. The zero-order valence-corrected chi connectivity index (χ0v) is 15.9. The smallest absolute Gasteiger partial charge is 0.291 e. The first-order valence-corrected chi connectivity index (χ1v) is 9.27. The summed E-state index contributed by atoms with van der Waals surface area (Å²) in [5.74, 6) is -0.923. The number of benzene rings is 2. The van der Waals surface area contributed by atoms with Crippen molar-refractivity contribution in [1.82, 2.24) is 4.90 Å². The molecular formula is C21H15ClN2O4. The molecule has 1 spiro atoms. The Bertz CT molecular complexity index is 1260. The summed E-state index contributed by atoms with van der Waals surface area (Å²) in [7, 11) is 1.53. The molecular weight excluding hydrogens is 380 g/mol. The summed E-state index contributed by atoms with van der Waals surface area (Å²) in [6.45, 7) is 2.27. The van der Waals surface area contributed by atoms with Gasteiger partial charge in [0.1, 0.15) is 5.58 Å². The van der Waals surface area contributed by atoms with Gasteiger partial charge in [0.15, 0.2) is 11.0 Å². The molecule has 0 saturated carbocycles. The van der Waals surface area contributed by atoms with Crippen LogP contribution in [0.3, 0.4) is 0 Å².